The van der Waals surface area contributed by atoms with Gasteiger partial charge in [-0.3, -0.25) is 14.2 Å². The van der Waals surface area contributed by atoms with Gasteiger partial charge in [-0.15, -0.1) is 0 Å². The molecule has 0 atom stereocenters. The van der Waals surface area contributed by atoms with E-state index in [1.165, 1.54) is 30.2 Å². The van der Waals surface area contributed by atoms with Crippen LogP contribution in [0.5, 0.6) is 0 Å². The van der Waals surface area contributed by atoms with Gasteiger partial charge in [0.1, 0.15) is 0 Å². The Balaban J connectivity index is 1.75. The molecule has 156 valence electrons. The van der Waals surface area contributed by atoms with E-state index in [0.717, 1.165) is 25.7 Å². The number of amides is 1. The summed E-state index contributed by atoms with van der Waals surface area (Å²) in [6.07, 6.45) is 8.90. The Morgan fingerprint density at radius 2 is 2.10 bits per heavy atom. The van der Waals surface area contributed by atoms with Gasteiger partial charge in [0.25, 0.3) is 5.56 Å². The number of hydrogen-bond donors (Lipinski definition) is 1. The molecule has 0 bridgehead atoms. The van der Waals surface area contributed by atoms with E-state index in [1.54, 1.807) is 4.57 Å². The van der Waals surface area contributed by atoms with Crippen LogP contribution in [-0.2, 0) is 11.3 Å². The maximum absolute atomic E-state index is 13.1. The third-order valence-corrected chi connectivity index (χ3v) is 6.22. The van der Waals surface area contributed by atoms with Crippen LogP contribution in [0.2, 0.25) is 0 Å². The minimum absolute atomic E-state index is 0.0143. The lowest BCUT2D eigenvalue weighted by Crippen LogP contribution is -2.28. The first-order valence-corrected chi connectivity index (χ1v) is 11.6. The first-order chi connectivity index (χ1) is 14.0. The Bertz CT molecular complexity index is 933. The summed E-state index contributed by atoms with van der Waals surface area (Å²) in [5.41, 5.74) is 2.10. The van der Waals surface area contributed by atoms with Crippen molar-refractivity contribution in [1.29, 1.82) is 0 Å². The van der Waals surface area contributed by atoms with Crippen LogP contribution in [0.1, 0.15) is 52.4 Å². The highest BCUT2D eigenvalue weighted by Crippen LogP contribution is 2.23. The molecule has 1 amide bonds. The lowest BCUT2D eigenvalue weighted by atomic mass is 9.97. The highest BCUT2D eigenvalue weighted by molar-refractivity contribution is 7.99. The van der Waals surface area contributed by atoms with Crippen LogP contribution in [0.3, 0.4) is 0 Å². The highest BCUT2D eigenvalue weighted by Gasteiger charge is 2.14. The lowest BCUT2D eigenvalue weighted by Gasteiger charge is -2.16. The molecule has 1 heterocycles. The van der Waals surface area contributed by atoms with Gasteiger partial charge in [0, 0.05) is 13.1 Å². The van der Waals surface area contributed by atoms with Crippen molar-refractivity contribution in [3.05, 3.63) is 46.3 Å². The molecule has 2 aromatic rings. The Morgan fingerprint density at radius 1 is 1.28 bits per heavy atom. The number of thioether (sulfide) groups is 1. The Kier molecular flexibility index (Phi) is 7.92. The van der Waals surface area contributed by atoms with Crippen LogP contribution in [0.4, 0.5) is 0 Å². The third-order valence-electron chi connectivity index (χ3n) is 5.24. The molecule has 0 spiro atoms. The number of rotatable bonds is 9. The highest BCUT2D eigenvalue weighted by atomic mass is 32.2. The minimum Gasteiger partial charge on any atom is -0.355 e. The normalized spacial score (nSPS) is 14.2. The lowest BCUT2D eigenvalue weighted by molar-refractivity contribution is -0.118. The second kappa shape index (κ2) is 10.6. The number of carbonyl (C=O) groups excluding carboxylic acids is 1. The van der Waals surface area contributed by atoms with Crippen molar-refractivity contribution in [3.8, 4) is 0 Å². The van der Waals surface area contributed by atoms with Gasteiger partial charge in [0.05, 0.1) is 16.7 Å². The van der Waals surface area contributed by atoms with Gasteiger partial charge in [-0.2, -0.15) is 0 Å². The largest absolute Gasteiger partial charge is 0.355 e. The number of aromatic nitrogens is 2. The molecule has 1 aromatic carbocycles. The molecule has 1 aliphatic rings. The predicted octanol–water partition coefficient (Wildman–Crippen LogP) is 4.54. The zero-order valence-electron chi connectivity index (χ0n) is 17.4. The Morgan fingerprint density at radius 3 is 2.86 bits per heavy atom. The van der Waals surface area contributed by atoms with Crippen molar-refractivity contribution in [2.24, 2.45) is 5.92 Å². The molecule has 0 fully saturated rings. The van der Waals surface area contributed by atoms with Gasteiger partial charge < -0.3 is 5.32 Å². The minimum atomic E-state index is -0.0188. The SMILES string of the molecule is CC(C)CCNC(=O)CSc1nc2ccccc2c(=O)n1CCC1=CCCCC1. The maximum Gasteiger partial charge on any atom is 0.262 e. The number of benzene rings is 1. The van der Waals surface area contributed by atoms with Crippen molar-refractivity contribution in [3.63, 3.8) is 0 Å². The van der Waals surface area contributed by atoms with E-state index in [2.05, 4.69) is 25.2 Å². The summed E-state index contributed by atoms with van der Waals surface area (Å²) in [4.78, 5) is 30.0. The summed E-state index contributed by atoms with van der Waals surface area (Å²) >= 11 is 1.35. The van der Waals surface area contributed by atoms with Crippen molar-refractivity contribution >= 4 is 28.6 Å². The average Bonchev–Trinajstić information content (AvgIpc) is 2.72. The number of para-hydroxylation sites is 1. The molecule has 5 nitrogen and oxygen atoms in total. The van der Waals surface area contributed by atoms with Crippen molar-refractivity contribution in [2.75, 3.05) is 12.3 Å². The summed E-state index contributed by atoms with van der Waals surface area (Å²) in [5, 5.41) is 4.22. The number of hydrogen-bond acceptors (Lipinski definition) is 4. The second-order valence-corrected chi connectivity index (χ2v) is 8.99. The Labute approximate surface area is 177 Å². The molecule has 0 saturated heterocycles. The molecule has 29 heavy (non-hydrogen) atoms. The van der Waals surface area contributed by atoms with Gasteiger partial charge in [0.2, 0.25) is 5.91 Å². The Hall–Kier alpha value is -2.08. The van der Waals surface area contributed by atoms with Crippen LogP contribution >= 0.6 is 11.8 Å². The van der Waals surface area contributed by atoms with E-state index in [4.69, 9.17) is 4.98 Å². The quantitative estimate of drug-likeness (QED) is 0.372. The molecule has 0 radical (unpaired) electrons. The number of fused-ring (bicyclic) bond motifs is 1. The zero-order valence-corrected chi connectivity index (χ0v) is 18.3. The van der Waals surface area contributed by atoms with Gasteiger partial charge in [0.15, 0.2) is 5.16 Å². The molecule has 6 heteroatoms. The first-order valence-electron chi connectivity index (χ1n) is 10.6. The molecule has 1 N–H and O–H groups in total. The third kappa shape index (κ3) is 6.20. The van der Waals surface area contributed by atoms with E-state index >= 15 is 0 Å². The van der Waals surface area contributed by atoms with Crippen molar-refractivity contribution in [1.82, 2.24) is 14.9 Å². The molecule has 0 unspecified atom stereocenters. The summed E-state index contributed by atoms with van der Waals surface area (Å²) in [7, 11) is 0. The van der Waals surface area contributed by atoms with E-state index in [-0.39, 0.29) is 17.2 Å². The van der Waals surface area contributed by atoms with E-state index in [1.807, 2.05) is 24.3 Å². The predicted molar refractivity (Wildman–Crippen MR) is 120 cm³/mol. The molecular formula is C23H31N3O2S. The monoisotopic (exact) mass is 413 g/mol. The summed E-state index contributed by atoms with van der Waals surface area (Å²) in [6.45, 7) is 5.57. The summed E-state index contributed by atoms with van der Waals surface area (Å²) < 4.78 is 1.75. The van der Waals surface area contributed by atoms with Crippen LogP contribution in [0, 0.1) is 5.92 Å². The molecule has 1 aromatic heterocycles. The summed E-state index contributed by atoms with van der Waals surface area (Å²) in [6, 6.07) is 7.44. The topological polar surface area (TPSA) is 64.0 Å². The number of carbonyl (C=O) groups is 1. The fourth-order valence-corrected chi connectivity index (χ4v) is 4.38. The average molecular weight is 414 g/mol. The van der Waals surface area contributed by atoms with Gasteiger partial charge in [-0.25, -0.2) is 4.98 Å². The standard InChI is InChI=1S/C23H31N3O2S/c1-17(2)12-14-24-21(27)16-29-23-25-20-11-7-6-10-19(20)22(28)26(23)15-13-18-8-4-3-5-9-18/h6-8,10-11,17H,3-5,9,12-16H2,1-2H3,(H,24,27). The second-order valence-electron chi connectivity index (χ2n) is 8.05. The van der Waals surface area contributed by atoms with Gasteiger partial charge >= 0.3 is 0 Å². The number of nitrogens with zero attached hydrogens (tertiary/aromatic N) is 2. The molecule has 3 rings (SSSR count). The fraction of sp³-hybridized carbons (Fsp3) is 0.522. The van der Waals surface area contributed by atoms with Crippen molar-refractivity contribution in [2.45, 2.75) is 64.1 Å². The molecule has 0 saturated carbocycles. The fourth-order valence-electron chi connectivity index (χ4n) is 3.52. The maximum atomic E-state index is 13.1. The molecule has 0 aliphatic heterocycles. The van der Waals surface area contributed by atoms with Crippen LogP contribution in [0.25, 0.3) is 10.9 Å². The van der Waals surface area contributed by atoms with E-state index in [9.17, 15) is 9.59 Å². The van der Waals surface area contributed by atoms with Crippen LogP contribution in [0.15, 0.2) is 45.9 Å². The molecular weight excluding hydrogens is 382 g/mol. The van der Waals surface area contributed by atoms with Crippen molar-refractivity contribution < 1.29 is 4.79 Å². The number of nitrogens with one attached hydrogen (secondary N) is 1. The summed E-state index contributed by atoms with van der Waals surface area (Å²) in [5.74, 6) is 0.815. The zero-order chi connectivity index (χ0) is 20.6. The van der Waals surface area contributed by atoms with Gasteiger partial charge in [-0.05, 0) is 56.6 Å². The van der Waals surface area contributed by atoms with E-state index < -0.39 is 0 Å². The van der Waals surface area contributed by atoms with Crippen LogP contribution < -0.4 is 10.9 Å². The molecule has 1 aliphatic carbocycles. The first kappa shape index (κ1) is 21.6. The van der Waals surface area contributed by atoms with E-state index in [0.29, 0.717) is 35.1 Å². The number of allylic oxidation sites excluding steroid dienone is 2. The van der Waals surface area contributed by atoms with Crippen LogP contribution in [-0.4, -0.2) is 27.8 Å². The van der Waals surface area contributed by atoms with Gasteiger partial charge in [-0.1, -0.05) is 49.4 Å². The smallest absolute Gasteiger partial charge is 0.262 e.